The van der Waals surface area contributed by atoms with Crippen LogP contribution in [-0.2, 0) is 0 Å². The van der Waals surface area contributed by atoms with Crippen molar-refractivity contribution in [2.45, 2.75) is 19.0 Å². The molecule has 126 valence electrons. The molecule has 2 N–H and O–H groups in total. The summed E-state index contributed by atoms with van der Waals surface area (Å²) in [5, 5.41) is 14.2. The molecule has 1 aromatic carbocycles. The van der Waals surface area contributed by atoms with Crippen molar-refractivity contribution in [3.8, 4) is 5.75 Å². The van der Waals surface area contributed by atoms with Crippen molar-refractivity contribution < 1.29 is 9.52 Å². The summed E-state index contributed by atoms with van der Waals surface area (Å²) in [4.78, 5) is 6.37. The van der Waals surface area contributed by atoms with Crippen LogP contribution in [0.3, 0.4) is 0 Å². The number of anilines is 1. The van der Waals surface area contributed by atoms with Crippen LogP contribution in [0.5, 0.6) is 5.75 Å². The SMILES string of the molecule is Cc1ccc([C@H]2[C@@H](c3ccccn3)NC(=S)N2c2ccccc2O)o1. The van der Waals surface area contributed by atoms with Gasteiger partial charge in [0.25, 0.3) is 0 Å². The molecule has 3 aromatic rings. The molecule has 3 heterocycles. The molecule has 0 saturated carbocycles. The Balaban J connectivity index is 1.85. The van der Waals surface area contributed by atoms with Gasteiger partial charge in [-0.05, 0) is 55.5 Å². The van der Waals surface area contributed by atoms with Crippen LogP contribution >= 0.6 is 12.2 Å². The molecule has 2 aromatic heterocycles. The maximum Gasteiger partial charge on any atom is 0.174 e. The topological polar surface area (TPSA) is 61.5 Å². The summed E-state index contributed by atoms with van der Waals surface area (Å²) in [6, 6.07) is 16.4. The first-order valence-electron chi connectivity index (χ1n) is 8.00. The number of hydrogen-bond acceptors (Lipinski definition) is 4. The summed E-state index contributed by atoms with van der Waals surface area (Å²) in [5.41, 5.74) is 1.50. The Morgan fingerprint density at radius 2 is 1.92 bits per heavy atom. The highest BCUT2D eigenvalue weighted by Gasteiger charge is 2.43. The molecule has 0 radical (unpaired) electrons. The summed E-state index contributed by atoms with van der Waals surface area (Å²) in [6.45, 7) is 1.91. The van der Waals surface area contributed by atoms with Gasteiger partial charge in [-0.1, -0.05) is 18.2 Å². The van der Waals surface area contributed by atoms with E-state index >= 15 is 0 Å². The monoisotopic (exact) mass is 351 g/mol. The number of aryl methyl sites for hydroxylation is 1. The van der Waals surface area contributed by atoms with Crippen molar-refractivity contribution in [2.75, 3.05) is 4.90 Å². The Bertz CT molecular complexity index is 910. The average Bonchev–Trinajstić information content (AvgIpc) is 3.19. The molecule has 1 aliphatic heterocycles. The van der Waals surface area contributed by atoms with Gasteiger partial charge in [0.05, 0.1) is 17.4 Å². The predicted molar refractivity (Wildman–Crippen MR) is 99.5 cm³/mol. The standard InChI is InChI=1S/C19H17N3O2S/c1-12-9-10-16(24-12)18-17(13-6-4-5-11-20-13)21-19(25)22(18)14-7-2-3-8-15(14)23/h2-11,17-18,23H,1H3,(H,21,25)/t17-,18+/m1/s1. The first-order chi connectivity index (χ1) is 12.1. The number of pyridine rings is 1. The largest absolute Gasteiger partial charge is 0.506 e. The van der Waals surface area contributed by atoms with Gasteiger partial charge in [0, 0.05) is 6.20 Å². The lowest BCUT2D eigenvalue weighted by Crippen LogP contribution is -2.29. The van der Waals surface area contributed by atoms with E-state index in [9.17, 15) is 5.11 Å². The highest BCUT2D eigenvalue weighted by Crippen LogP contribution is 2.44. The second-order valence-electron chi connectivity index (χ2n) is 5.93. The number of nitrogens with zero attached hydrogens (tertiary/aromatic N) is 2. The Morgan fingerprint density at radius 1 is 1.12 bits per heavy atom. The predicted octanol–water partition coefficient (Wildman–Crippen LogP) is 3.87. The summed E-state index contributed by atoms with van der Waals surface area (Å²) in [7, 11) is 0. The molecule has 0 spiro atoms. The molecule has 5 nitrogen and oxygen atoms in total. The van der Waals surface area contributed by atoms with Gasteiger partial charge in [-0.25, -0.2) is 0 Å². The number of rotatable bonds is 3. The lowest BCUT2D eigenvalue weighted by molar-refractivity contribution is 0.415. The van der Waals surface area contributed by atoms with Gasteiger partial charge < -0.3 is 19.7 Å². The quantitative estimate of drug-likeness (QED) is 0.699. The number of para-hydroxylation sites is 2. The lowest BCUT2D eigenvalue weighted by atomic mass is 10.0. The van der Waals surface area contributed by atoms with Crippen molar-refractivity contribution in [2.24, 2.45) is 0 Å². The zero-order chi connectivity index (χ0) is 17.4. The fourth-order valence-corrected chi connectivity index (χ4v) is 3.52. The fourth-order valence-electron chi connectivity index (χ4n) is 3.18. The van der Waals surface area contributed by atoms with E-state index in [2.05, 4.69) is 10.3 Å². The first-order valence-corrected chi connectivity index (χ1v) is 8.41. The summed E-state index contributed by atoms with van der Waals surface area (Å²) >= 11 is 5.58. The molecule has 0 aliphatic carbocycles. The highest BCUT2D eigenvalue weighted by atomic mass is 32.1. The van der Waals surface area contributed by atoms with Crippen LogP contribution in [0.4, 0.5) is 5.69 Å². The van der Waals surface area contributed by atoms with Crippen LogP contribution in [0.1, 0.15) is 29.3 Å². The Morgan fingerprint density at radius 3 is 2.60 bits per heavy atom. The minimum absolute atomic E-state index is 0.168. The van der Waals surface area contributed by atoms with Crippen molar-refractivity contribution in [3.63, 3.8) is 0 Å². The zero-order valence-corrected chi connectivity index (χ0v) is 14.4. The van der Waals surface area contributed by atoms with E-state index < -0.39 is 0 Å². The molecule has 4 rings (SSSR count). The Labute approximate surface area is 150 Å². The minimum atomic E-state index is -0.246. The van der Waals surface area contributed by atoms with Crippen molar-refractivity contribution in [1.29, 1.82) is 0 Å². The van der Waals surface area contributed by atoms with Crippen molar-refractivity contribution in [1.82, 2.24) is 10.3 Å². The number of phenols is 1. The number of thiocarbonyl (C=S) groups is 1. The minimum Gasteiger partial charge on any atom is -0.506 e. The summed E-state index contributed by atoms with van der Waals surface area (Å²) in [6.07, 6.45) is 1.76. The molecule has 0 unspecified atom stereocenters. The van der Waals surface area contributed by atoms with Crippen molar-refractivity contribution >= 4 is 23.0 Å². The van der Waals surface area contributed by atoms with E-state index in [-0.39, 0.29) is 17.8 Å². The molecule has 0 amide bonds. The van der Waals surface area contributed by atoms with Gasteiger partial charge >= 0.3 is 0 Å². The molecule has 25 heavy (non-hydrogen) atoms. The molecule has 0 bridgehead atoms. The van der Waals surface area contributed by atoms with Gasteiger partial charge in [0.15, 0.2) is 5.11 Å². The van der Waals surface area contributed by atoms with E-state index in [0.717, 1.165) is 17.2 Å². The Kier molecular flexibility index (Phi) is 3.89. The lowest BCUT2D eigenvalue weighted by Gasteiger charge is -2.26. The molecular weight excluding hydrogens is 334 g/mol. The Hall–Kier alpha value is -2.86. The fraction of sp³-hybridized carbons (Fsp3) is 0.158. The third kappa shape index (κ3) is 2.74. The molecule has 1 fully saturated rings. The van der Waals surface area contributed by atoms with E-state index in [1.54, 1.807) is 18.3 Å². The maximum atomic E-state index is 10.3. The zero-order valence-electron chi connectivity index (χ0n) is 13.6. The average molecular weight is 351 g/mol. The van der Waals surface area contributed by atoms with Crippen LogP contribution in [0.25, 0.3) is 0 Å². The summed E-state index contributed by atoms with van der Waals surface area (Å²) < 4.78 is 5.91. The third-order valence-corrected chi connectivity index (χ3v) is 4.61. The van der Waals surface area contributed by atoms with Gasteiger partial charge in [-0.15, -0.1) is 0 Å². The van der Waals surface area contributed by atoms with E-state index in [4.69, 9.17) is 16.6 Å². The van der Waals surface area contributed by atoms with Crippen LogP contribution in [-0.4, -0.2) is 15.2 Å². The van der Waals surface area contributed by atoms with Gasteiger partial charge in [-0.2, -0.15) is 0 Å². The van der Waals surface area contributed by atoms with Crippen LogP contribution in [0.2, 0.25) is 0 Å². The van der Waals surface area contributed by atoms with Gasteiger partial charge in [0.2, 0.25) is 0 Å². The molecule has 6 heteroatoms. The molecule has 2 atom stereocenters. The maximum absolute atomic E-state index is 10.3. The van der Waals surface area contributed by atoms with Crippen LogP contribution in [0, 0.1) is 6.92 Å². The van der Waals surface area contributed by atoms with E-state index in [1.807, 2.05) is 54.3 Å². The number of furan rings is 1. The van der Waals surface area contributed by atoms with E-state index in [0.29, 0.717) is 10.8 Å². The van der Waals surface area contributed by atoms with Gasteiger partial charge in [0.1, 0.15) is 23.3 Å². The third-order valence-electron chi connectivity index (χ3n) is 4.29. The van der Waals surface area contributed by atoms with Gasteiger partial charge in [-0.3, -0.25) is 4.98 Å². The number of aromatic nitrogens is 1. The molecule has 1 saturated heterocycles. The molecular formula is C19H17N3O2S. The number of nitrogens with one attached hydrogen (secondary N) is 1. The van der Waals surface area contributed by atoms with Crippen molar-refractivity contribution in [3.05, 3.63) is 78.0 Å². The summed E-state index contributed by atoms with van der Waals surface area (Å²) in [5.74, 6) is 1.76. The number of phenolic OH excluding ortho intramolecular Hbond substituents is 1. The second-order valence-corrected chi connectivity index (χ2v) is 6.32. The number of benzene rings is 1. The van der Waals surface area contributed by atoms with E-state index in [1.165, 1.54) is 0 Å². The van der Waals surface area contributed by atoms with Crippen LogP contribution in [0.15, 0.2) is 65.2 Å². The normalized spacial score (nSPS) is 19.9. The second kappa shape index (κ2) is 6.22. The van der Waals surface area contributed by atoms with Crippen LogP contribution < -0.4 is 10.2 Å². The number of aromatic hydroxyl groups is 1. The molecule has 1 aliphatic rings. The number of hydrogen-bond donors (Lipinski definition) is 2. The highest BCUT2D eigenvalue weighted by molar-refractivity contribution is 7.80. The smallest absolute Gasteiger partial charge is 0.174 e. The first kappa shape index (κ1) is 15.7.